The van der Waals surface area contributed by atoms with Crippen LogP contribution in [0, 0.1) is 5.92 Å². The van der Waals surface area contributed by atoms with Gasteiger partial charge in [-0.3, -0.25) is 4.79 Å². The van der Waals surface area contributed by atoms with E-state index in [0.717, 1.165) is 50.4 Å². The van der Waals surface area contributed by atoms with E-state index in [4.69, 9.17) is 9.72 Å². The fraction of sp³-hybridized carbons (Fsp3) is 0.579. The van der Waals surface area contributed by atoms with Crippen molar-refractivity contribution >= 4 is 22.9 Å². The van der Waals surface area contributed by atoms with Crippen molar-refractivity contribution in [3.8, 4) is 0 Å². The average Bonchev–Trinajstić information content (AvgIpc) is 3.01. The minimum Gasteiger partial charge on any atom is -0.383 e. The third-order valence-electron chi connectivity index (χ3n) is 4.76. The van der Waals surface area contributed by atoms with Gasteiger partial charge in [0, 0.05) is 33.3 Å². The molecule has 0 bridgehead atoms. The second kappa shape index (κ2) is 8.34. The molecule has 2 aromatic rings. The molecule has 1 N–H and O–H groups in total. The van der Waals surface area contributed by atoms with Crippen LogP contribution in [0.2, 0.25) is 0 Å². The van der Waals surface area contributed by atoms with Gasteiger partial charge in [0.05, 0.1) is 23.6 Å². The molecule has 3 rings (SSSR count). The van der Waals surface area contributed by atoms with E-state index in [2.05, 4.69) is 39.9 Å². The van der Waals surface area contributed by atoms with Crippen molar-refractivity contribution in [2.45, 2.75) is 32.7 Å². The maximum atomic E-state index is 12.4. The number of hydrogen-bond donors (Lipinski definition) is 1. The molecule has 0 aliphatic carbocycles. The molecule has 2 heterocycles. The quantitative estimate of drug-likeness (QED) is 0.784. The molecule has 6 heteroatoms. The maximum absolute atomic E-state index is 12.4. The summed E-state index contributed by atoms with van der Waals surface area (Å²) in [5.74, 6) is 1.14. The number of nitrogens with zero attached hydrogens (tertiary/aromatic N) is 3. The van der Waals surface area contributed by atoms with Gasteiger partial charge in [0.1, 0.15) is 0 Å². The van der Waals surface area contributed by atoms with Gasteiger partial charge in [-0.15, -0.1) is 0 Å². The number of rotatable bonds is 7. The summed E-state index contributed by atoms with van der Waals surface area (Å²) >= 11 is 0. The summed E-state index contributed by atoms with van der Waals surface area (Å²) < 4.78 is 7.30. The van der Waals surface area contributed by atoms with Crippen LogP contribution in [0.25, 0.3) is 11.0 Å². The summed E-state index contributed by atoms with van der Waals surface area (Å²) in [7, 11) is 1.65. The Morgan fingerprint density at radius 3 is 3.04 bits per heavy atom. The standard InChI is InChI=1S/C19H28N4O2/c1-3-11-23-17-9-5-4-8-16(17)21-19(23)22-12-6-7-15(14-22)18(24)20-10-13-25-2/h4-5,8-9,15H,3,6-7,10-14H2,1-2H3,(H,20,24)/t15-/m1/s1. The van der Waals surface area contributed by atoms with Crippen molar-refractivity contribution in [2.24, 2.45) is 5.92 Å². The smallest absolute Gasteiger partial charge is 0.224 e. The van der Waals surface area contributed by atoms with Crippen LogP contribution in [0.4, 0.5) is 5.95 Å². The third kappa shape index (κ3) is 3.95. The van der Waals surface area contributed by atoms with Crippen molar-refractivity contribution in [3.63, 3.8) is 0 Å². The molecule has 1 saturated heterocycles. The van der Waals surface area contributed by atoms with Crippen molar-refractivity contribution in [3.05, 3.63) is 24.3 Å². The molecule has 1 aliphatic rings. The van der Waals surface area contributed by atoms with Gasteiger partial charge in [-0.05, 0) is 31.4 Å². The number of carbonyl (C=O) groups is 1. The van der Waals surface area contributed by atoms with Crippen LogP contribution in [0.5, 0.6) is 0 Å². The number of piperidine rings is 1. The molecule has 1 aromatic carbocycles. The second-order valence-electron chi connectivity index (χ2n) is 6.62. The Kier molecular flexibility index (Phi) is 5.91. The number of aryl methyl sites for hydroxylation is 1. The van der Waals surface area contributed by atoms with Crippen molar-refractivity contribution < 1.29 is 9.53 Å². The molecule has 1 aromatic heterocycles. The Morgan fingerprint density at radius 2 is 2.24 bits per heavy atom. The third-order valence-corrected chi connectivity index (χ3v) is 4.76. The minimum absolute atomic E-state index is 0.0143. The summed E-state index contributed by atoms with van der Waals surface area (Å²) in [6, 6.07) is 8.27. The lowest BCUT2D eigenvalue weighted by molar-refractivity contribution is -0.125. The number of fused-ring (bicyclic) bond motifs is 1. The average molecular weight is 344 g/mol. The monoisotopic (exact) mass is 344 g/mol. The lowest BCUT2D eigenvalue weighted by atomic mass is 9.97. The van der Waals surface area contributed by atoms with E-state index in [1.54, 1.807) is 7.11 Å². The Morgan fingerprint density at radius 1 is 1.40 bits per heavy atom. The summed E-state index contributed by atoms with van der Waals surface area (Å²) in [6.07, 6.45) is 3.00. The first-order chi connectivity index (χ1) is 12.2. The van der Waals surface area contributed by atoms with E-state index in [9.17, 15) is 4.79 Å². The van der Waals surface area contributed by atoms with Gasteiger partial charge in [0.2, 0.25) is 11.9 Å². The predicted molar refractivity (Wildman–Crippen MR) is 99.8 cm³/mol. The number of benzene rings is 1. The Hall–Kier alpha value is -2.08. The highest BCUT2D eigenvalue weighted by molar-refractivity contribution is 5.81. The van der Waals surface area contributed by atoms with Gasteiger partial charge in [0.15, 0.2) is 0 Å². The lowest BCUT2D eigenvalue weighted by Crippen LogP contribution is -2.44. The highest BCUT2D eigenvalue weighted by atomic mass is 16.5. The summed E-state index contributed by atoms with van der Waals surface area (Å²) in [6.45, 7) is 5.92. The zero-order valence-electron chi connectivity index (χ0n) is 15.2. The second-order valence-corrected chi connectivity index (χ2v) is 6.62. The van der Waals surface area contributed by atoms with Gasteiger partial charge < -0.3 is 19.5 Å². The molecule has 1 fully saturated rings. The highest BCUT2D eigenvalue weighted by Crippen LogP contribution is 2.27. The van der Waals surface area contributed by atoms with Crippen LogP contribution in [-0.4, -0.2) is 48.8 Å². The predicted octanol–water partition coefficient (Wildman–Crippen LogP) is 2.43. The van der Waals surface area contributed by atoms with Gasteiger partial charge in [-0.25, -0.2) is 4.98 Å². The number of methoxy groups -OCH3 is 1. The zero-order valence-corrected chi connectivity index (χ0v) is 15.2. The van der Waals surface area contributed by atoms with Crippen LogP contribution in [0.1, 0.15) is 26.2 Å². The Balaban J connectivity index is 1.78. The Labute approximate surface area is 149 Å². The number of nitrogens with one attached hydrogen (secondary N) is 1. The van der Waals surface area contributed by atoms with E-state index in [0.29, 0.717) is 13.2 Å². The molecule has 0 saturated carbocycles. The van der Waals surface area contributed by atoms with Gasteiger partial charge in [-0.1, -0.05) is 19.1 Å². The maximum Gasteiger partial charge on any atom is 0.224 e. The summed E-state index contributed by atoms with van der Waals surface area (Å²) in [5, 5.41) is 2.97. The number of ether oxygens (including phenoxy) is 1. The van der Waals surface area contributed by atoms with Crippen LogP contribution in [0.15, 0.2) is 24.3 Å². The SMILES string of the molecule is CCCn1c(N2CCC[C@@H](C(=O)NCCOC)C2)nc2ccccc21. The molecular formula is C19H28N4O2. The molecule has 6 nitrogen and oxygen atoms in total. The van der Waals surface area contributed by atoms with Crippen LogP contribution >= 0.6 is 0 Å². The molecule has 0 radical (unpaired) electrons. The normalized spacial score (nSPS) is 17.8. The van der Waals surface area contributed by atoms with E-state index in [1.165, 1.54) is 5.52 Å². The van der Waals surface area contributed by atoms with Crippen LogP contribution in [0.3, 0.4) is 0 Å². The largest absolute Gasteiger partial charge is 0.383 e. The van der Waals surface area contributed by atoms with E-state index in [-0.39, 0.29) is 11.8 Å². The van der Waals surface area contributed by atoms with Crippen molar-refractivity contribution in [1.82, 2.24) is 14.9 Å². The molecule has 25 heavy (non-hydrogen) atoms. The number of imidazole rings is 1. The number of hydrogen-bond acceptors (Lipinski definition) is 4. The van der Waals surface area contributed by atoms with E-state index in [1.807, 2.05) is 6.07 Å². The van der Waals surface area contributed by atoms with E-state index < -0.39 is 0 Å². The fourth-order valence-corrected chi connectivity index (χ4v) is 3.54. The first-order valence-corrected chi connectivity index (χ1v) is 9.21. The highest BCUT2D eigenvalue weighted by Gasteiger charge is 2.28. The lowest BCUT2D eigenvalue weighted by Gasteiger charge is -2.33. The van der Waals surface area contributed by atoms with Gasteiger partial charge >= 0.3 is 0 Å². The molecule has 0 spiro atoms. The number of carbonyl (C=O) groups excluding carboxylic acids is 1. The first kappa shape index (κ1) is 17.7. The topological polar surface area (TPSA) is 59.4 Å². The molecule has 136 valence electrons. The zero-order chi connectivity index (χ0) is 17.6. The number of para-hydroxylation sites is 2. The summed E-state index contributed by atoms with van der Waals surface area (Å²) in [5.41, 5.74) is 2.20. The van der Waals surface area contributed by atoms with Crippen LogP contribution in [-0.2, 0) is 16.1 Å². The molecule has 1 aliphatic heterocycles. The number of aromatic nitrogens is 2. The number of amides is 1. The van der Waals surface area contributed by atoms with Crippen molar-refractivity contribution in [2.75, 3.05) is 38.3 Å². The van der Waals surface area contributed by atoms with Gasteiger partial charge in [0.25, 0.3) is 0 Å². The minimum atomic E-state index is 0.0143. The fourth-order valence-electron chi connectivity index (χ4n) is 3.54. The molecule has 0 unspecified atom stereocenters. The molecule has 1 atom stereocenters. The van der Waals surface area contributed by atoms with Crippen molar-refractivity contribution in [1.29, 1.82) is 0 Å². The number of anilines is 1. The van der Waals surface area contributed by atoms with Gasteiger partial charge in [-0.2, -0.15) is 0 Å². The van der Waals surface area contributed by atoms with Crippen LogP contribution < -0.4 is 10.2 Å². The first-order valence-electron chi connectivity index (χ1n) is 9.21. The summed E-state index contributed by atoms with van der Waals surface area (Å²) in [4.78, 5) is 19.6. The molecular weight excluding hydrogens is 316 g/mol. The van der Waals surface area contributed by atoms with E-state index >= 15 is 0 Å². The Bertz CT molecular complexity index is 713. The molecule has 1 amide bonds.